The Morgan fingerprint density at radius 2 is 2.18 bits per heavy atom. The van der Waals surface area contributed by atoms with E-state index in [1.54, 1.807) is 12.1 Å². The third-order valence-corrected chi connectivity index (χ3v) is 4.67. The molecule has 2 atom stereocenters. The van der Waals surface area contributed by atoms with Gasteiger partial charge in [-0.1, -0.05) is 26.7 Å². The molecule has 0 saturated heterocycles. The molecule has 1 aromatic carbocycles. The van der Waals surface area contributed by atoms with Crippen LogP contribution in [0.2, 0.25) is 0 Å². The molecule has 0 spiro atoms. The zero-order valence-electron chi connectivity index (χ0n) is 13.9. The van der Waals surface area contributed by atoms with E-state index in [2.05, 4.69) is 27.7 Å². The molecule has 22 heavy (non-hydrogen) atoms. The van der Waals surface area contributed by atoms with Crippen molar-refractivity contribution in [3.05, 3.63) is 29.6 Å². The van der Waals surface area contributed by atoms with Crippen LogP contribution < -0.4 is 4.90 Å². The van der Waals surface area contributed by atoms with Gasteiger partial charge in [-0.15, -0.1) is 0 Å². The van der Waals surface area contributed by atoms with Gasteiger partial charge < -0.3 is 10.0 Å². The number of hydrogen-bond acceptors (Lipinski definition) is 2. The lowest BCUT2D eigenvalue weighted by atomic mass is 9.78. The smallest absolute Gasteiger partial charge is 0.326 e. The predicted octanol–water partition coefficient (Wildman–Crippen LogP) is 4.56. The number of carbonyl (C=O) groups is 1. The number of halogens is 1. The van der Waals surface area contributed by atoms with Crippen molar-refractivity contribution in [1.82, 2.24) is 0 Å². The van der Waals surface area contributed by atoms with E-state index in [-0.39, 0.29) is 17.3 Å². The third kappa shape index (κ3) is 3.11. The number of benzene rings is 1. The molecule has 2 rings (SSSR count). The minimum Gasteiger partial charge on any atom is -0.480 e. The second-order valence-electron chi connectivity index (χ2n) is 6.99. The SMILES string of the molecule is CCCC[C@H](C(=O)O)N1c2ccc(F)cc2[C@@H](C)CC1(C)C. The number of anilines is 1. The van der Waals surface area contributed by atoms with Crippen LogP contribution in [0, 0.1) is 5.82 Å². The lowest BCUT2D eigenvalue weighted by molar-refractivity contribution is -0.139. The Bertz CT molecular complexity index is 556. The maximum Gasteiger partial charge on any atom is 0.326 e. The fourth-order valence-electron chi connectivity index (χ4n) is 3.77. The van der Waals surface area contributed by atoms with E-state index in [1.165, 1.54) is 6.07 Å². The molecule has 4 heteroatoms. The number of rotatable bonds is 5. The highest BCUT2D eigenvalue weighted by Crippen LogP contribution is 2.45. The first-order valence-corrected chi connectivity index (χ1v) is 8.09. The van der Waals surface area contributed by atoms with E-state index < -0.39 is 12.0 Å². The summed E-state index contributed by atoms with van der Waals surface area (Å²) >= 11 is 0. The van der Waals surface area contributed by atoms with Crippen LogP contribution in [0.3, 0.4) is 0 Å². The number of unbranched alkanes of at least 4 members (excludes halogenated alkanes) is 1. The first-order valence-electron chi connectivity index (χ1n) is 8.09. The van der Waals surface area contributed by atoms with Crippen molar-refractivity contribution in [1.29, 1.82) is 0 Å². The Morgan fingerprint density at radius 3 is 2.77 bits per heavy atom. The monoisotopic (exact) mass is 307 g/mol. The summed E-state index contributed by atoms with van der Waals surface area (Å²) in [4.78, 5) is 13.8. The summed E-state index contributed by atoms with van der Waals surface area (Å²) in [6, 6.07) is 4.16. The zero-order valence-corrected chi connectivity index (χ0v) is 13.9. The van der Waals surface area contributed by atoms with Gasteiger partial charge in [-0.2, -0.15) is 0 Å². The molecule has 0 bridgehead atoms. The standard InChI is InChI=1S/C18H26FNO2/c1-5-6-7-16(17(21)22)20-15-9-8-13(19)10-14(15)12(2)11-18(20,3)4/h8-10,12,16H,5-7,11H2,1-4H3,(H,21,22)/t12-,16+/m0/s1. The summed E-state index contributed by atoms with van der Waals surface area (Å²) in [6.07, 6.45) is 3.26. The highest BCUT2D eigenvalue weighted by molar-refractivity contribution is 5.80. The molecule has 0 unspecified atom stereocenters. The minimum absolute atomic E-state index is 0.220. The van der Waals surface area contributed by atoms with E-state index >= 15 is 0 Å². The van der Waals surface area contributed by atoms with Crippen molar-refractivity contribution in [2.24, 2.45) is 0 Å². The molecule has 122 valence electrons. The molecule has 0 fully saturated rings. The van der Waals surface area contributed by atoms with Crippen molar-refractivity contribution in [3.8, 4) is 0 Å². The van der Waals surface area contributed by atoms with Gasteiger partial charge in [0.2, 0.25) is 0 Å². The third-order valence-electron chi connectivity index (χ3n) is 4.67. The van der Waals surface area contributed by atoms with Crippen LogP contribution in [-0.4, -0.2) is 22.7 Å². The van der Waals surface area contributed by atoms with Gasteiger partial charge in [0.25, 0.3) is 0 Å². The van der Waals surface area contributed by atoms with E-state index in [9.17, 15) is 14.3 Å². The number of nitrogens with zero attached hydrogens (tertiary/aromatic N) is 1. The highest BCUT2D eigenvalue weighted by Gasteiger charge is 2.42. The molecular formula is C18H26FNO2. The molecule has 0 amide bonds. The Morgan fingerprint density at radius 1 is 1.50 bits per heavy atom. The zero-order chi connectivity index (χ0) is 16.5. The fraction of sp³-hybridized carbons (Fsp3) is 0.611. The molecule has 1 aliphatic rings. The Kier molecular flexibility index (Phi) is 4.78. The van der Waals surface area contributed by atoms with Crippen molar-refractivity contribution in [2.45, 2.75) is 70.9 Å². The van der Waals surface area contributed by atoms with E-state index in [0.717, 1.165) is 30.5 Å². The molecule has 0 radical (unpaired) electrons. The molecule has 0 saturated carbocycles. The number of carboxylic acid groups (broad SMARTS) is 1. The maximum absolute atomic E-state index is 13.6. The molecular weight excluding hydrogens is 281 g/mol. The van der Waals surface area contributed by atoms with Crippen LogP contribution >= 0.6 is 0 Å². The van der Waals surface area contributed by atoms with Crippen molar-refractivity contribution in [2.75, 3.05) is 4.90 Å². The van der Waals surface area contributed by atoms with Crippen LogP contribution in [0.5, 0.6) is 0 Å². The van der Waals surface area contributed by atoms with Crippen molar-refractivity contribution >= 4 is 11.7 Å². The van der Waals surface area contributed by atoms with Gasteiger partial charge in [-0.05, 0) is 56.4 Å². The molecule has 1 heterocycles. The first kappa shape index (κ1) is 16.8. The largest absolute Gasteiger partial charge is 0.480 e. The molecule has 0 aliphatic carbocycles. The summed E-state index contributed by atoms with van der Waals surface area (Å²) in [5, 5.41) is 9.71. The summed E-state index contributed by atoms with van der Waals surface area (Å²) in [7, 11) is 0. The second-order valence-corrected chi connectivity index (χ2v) is 6.99. The Balaban J connectivity index is 2.51. The summed E-state index contributed by atoms with van der Waals surface area (Å²) in [6.45, 7) is 8.31. The van der Waals surface area contributed by atoms with Gasteiger partial charge in [0.05, 0.1) is 0 Å². The first-order chi connectivity index (χ1) is 10.3. The van der Waals surface area contributed by atoms with Crippen LogP contribution in [-0.2, 0) is 4.79 Å². The second kappa shape index (κ2) is 6.27. The molecule has 1 aromatic rings. The molecule has 1 aliphatic heterocycles. The van der Waals surface area contributed by atoms with Gasteiger partial charge in [0, 0.05) is 11.2 Å². The summed E-state index contributed by atoms with van der Waals surface area (Å²) in [5.41, 5.74) is 1.52. The normalized spacial score (nSPS) is 21.3. The Hall–Kier alpha value is -1.58. The van der Waals surface area contributed by atoms with E-state index in [4.69, 9.17) is 0 Å². The van der Waals surface area contributed by atoms with E-state index in [1.807, 2.05) is 4.90 Å². The number of hydrogen-bond donors (Lipinski definition) is 1. The lowest BCUT2D eigenvalue weighted by Crippen LogP contribution is -2.56. The molecule has 3 nitrogen and oxygen atoms in total. The number of aliphatic carboxylic acids is 1. The van der Waals surface area contributed by atoms with Crippen LogP contribution in [0.4, 0.5) is 10.1 Å². The fourth-order valence-corrected chi connectivity index (χ4v) is 3.77. The van der Waals surface area contributed by atoms with Gasteiger partial charge in [-0.25, -0.2) is 9.18 Å². The minimum atomic E-state index is -0.800. The van der Waals surface area contributed by atoms with Gasteiger partial charge >= 0.3 is 5.97 Å². The molecule has 0 aromatic heterocycles. The van der Waals surface area contributed by atoms with E-state index in [0.29, 0.717) is 6.42 Å². The Labute approximate surface area is 132 Å². The quantitative estimate of drug-likeness (QED) is 0.867. The number of carboxylic acids is 1. The maximum atomic E-state index is 13.6. The van der Waals surface area contributed by atoms with Gasteiger partial charge in [0.15, 0.2) is 0 Å². The lowest BCUT2D eigenvalue weighted by Gasteiger charge is -2.50. The topological polar surface area (TPSA) is 40.5 Å². The van der Waals surface area contributed by atoms with Gasteiger partial charge in [0.1, 0.15) is 11.9 Å². The van der Waals surface area contributed by atoms with Crippen LogP contribution in [0.1, 0.15) is 64.9 Å². The molecule has 1 N–H and O–H groups in total. The average molecular weight is 307 g/mol. The predicted molar refractivity (Wildman–Crippen MR) is 86.9 cm³/mol. The van der Waals surface area contributed by atoms with Crippen molar-refractivity contribution < 1.29 is 14.3 Å². The van der Waals surface area contributed by atoms with Crippen LogP contribution in [0.15, 0.2) is 18.2 Å². The highest BCUT2D eigenvalue weighted by atomic mass is 19.1. The van der Waals surface area contributed by atoms with Crippen LogP contribution in [0.25, 0.3) is 0 Å². The van der Waals surface area contributed by atoms with Gasteiger partial charge in [-0.3, -0.25) is 0 Å². The average Bonchev–Trinajstić information content (AvgIpc) is 2.41. The summed E-state index contributed by atoms with van der Waals surface area (Å²) in [5.74, 6) is -0.838. The van der Waals surface area contributed by atoms with Crippen molar-refractivity contribution in [3.63, 3.8) is 0 Å². The summed E-state index contributed by atoms with van der Waals surface area (Å²) < 4.78 is 13.6. The number of fused-ring (bicyclic) bond motifs is 1.